The molecule has 1 aliphatic rings. The molecule has 2 N–H and O–H groups in total. The standard InChI is InChI=1S/C13H16F4N2OS/c14-8-11(19-5-3-18-4-6-19)10-7-9(1-2-12(10)20)21-13(15,16)17/h1-2,7,11,18,20H,3-6,8H2/t11-/m1/s1. The summed E-state index contributed by atoms with van der Waals surface area (Å²) in [7, 11) is 0. The van der Waals surface area contributed by atoms with Crippen LogP contribution in [0.4, 0.5) is 17.6 Å². The number of piperazine rings is 1. The van der Waals surface area contributed by atoms with E-state index in [4.69, 9.17) is 0 Å². The van der Waals surface area contributed by atoms with Crippen LogP contribution in [0.15, 0.2) is 23.1 Å². The molecule has 21 heavy (non-hydrogen) atoms. The highest BCUT2D eigenvalue weighted by Gasteiger charge is 2.31. The molecule has 0 amide bonds. The first-order valence-electron chi connectivity index (χ1n) is 6.50. The zero-order valence-electron chi connectivity index (χ0n) is 11.2. The predicted molar refractivity (Wildman–Crippen MR) is 73.2 cm³/mol. The number of halogens is 4. The van der Waals surface area contributed by atoms with Gasteiger partial charge in [-0.25, -0.2) is 4.39 Å². The maximum absolute atomic E-state index is 13.4. The van der Waals surface area contributed by atoms with Gasteiger partial charge in [0.15, 0.2) is 0 Å². The van der Waals surface area contributed by atoms with Crippen molar-refractivity contribution in [1.82, 2.24) is 10.2 Å². The lowest BCUT2D eigenvalue weighted by atomic mass is 10.0. The predicted octanol–water partition coefficient (Wildman–Crippen LogP) is 2.92. The van der Waals surface area contributed by atoms with E-state index in [9.17, 15) is 22.7 Å². The number of benzene rings is 1. The first kappa shape index (κ1) is 16.4. The minimum Gasteiger partial charge on any atom is -0.508 e. The van der Waals surface area contributed by atoms with Crippen LogP contribution < -0.4 is 5.32 Å². The molecule has 8 heteroatoms. The molecule has 0 saturated carbocycles. The highest BCUT2D eigenvalue weighted by Crippen LogP contribution is 2.40. The van der Waals surface area contributed by atoms with E-state index in [1.807, 2.05) is 4.90 Å². The second-order valence-corrected chi connectivity index (χ2v) is 5.86. The Morgan fingerprint density at radius 2 is 1.95 bits per heavy atom. The molecule has 1 aliphatic heterocycles. The van der Waals surface area contributed by atoms with Gasteiger partial charge in [-0.1, -0.05) is 0 Å². The van der Waals surface area contributed by atoms with Crippen molar-refractivity contribution in [2.45, 2.75) is 16.4 Å². The van der Waals surface area contributed by atoms with Gasteiger partial charge in [0.1, 0.15) is 12.4 Å². The van der Waals surface area contributed by atoms with E-state index in [1.54, 1.807) is 0 Å². The fourth-order valence-corrected chi connectivity index (χ4v) is 2.96. The van der Waals surface area contributed by atoms with Gasteiger partial charge in [0.2, 0.25) is 0 Å². The van der Waals surface area contributed by atoms with Crippen molar-refractivity contribution >= 4 is 11.8 Å². The van der Waals surface area contributed by atoms with Gasteiger partial charge in [-0.15, -0.1) is 0 Å². The third-order valence-corrected chi connectivity index (χ3v) is 4.05. The smallest absolute Gasteiger partial charge is 0.446 e. The summed E-state index contributed by atoms with van der Waals surface area (Å²) in [5.41, 5.74) is -4.21. The van der Waals surface area contributed by atoms with Crippen LogP contribution in [0.1, 0.15) is 11.6 Å². The molecule has 0 radical (unpaired) electrons. The van der Waals surface area contributed by atoms with Gasteiger partial charge in [0.05, 0.1) is 6.04 Å². The van der Waals surface area contributed by atoms with Crippen molar-refractivity contribution in [3.05, 3.63) is 23.8 Å². The van der Waals surface area contributed by atoms with Gasteiger partial charge in [0, 0.05) is 36.6 Å². The lowest BCUT2D eigenvalue weighted by Gasteiger charge is -2.34. The molecule has 3 nitrogen and oxygen atoms in total. The van der Waals surface area contributed by atoms with E-state index in [1.165, 1.54) is 18.2 Å². The summed E-state index contributed by atoms with van der Waals surface area (Å²) in [4.78, 5) is 1.78. The maximum atomic E-state index is 13.4. The van der Waals surface area contributed by atoms with Gasteiger partial charge in [-0.2, -0.15) is 13.2 Å². The Kier molecular flexibility index (Phi) is 5.34. The molecule has 0 aromatic heterocycles. The summed E-state index contributed by atoms with van der Waals surface area (Å²) in [6.07, 6.45) is 0. The number of thioether (sulfide) groups is 1. The number of alkyl halides is 4. The van der Waals surface area contributed by atoms with Crippen molar-refractivity contribution in [2.24, 2.45) is 0 Å². The maximum Gasteiger partial charge on any atom is 0.446 e. The van der Waals surface area contributed by atoms with Gasteiger partial charge in [-0.05, 0) is 30.0 Å². The number of hydrogen-bond acceptors (Lipinski definition) is 4. The highest BCUT2D eigenvalue weighted by molar-refractivity contribution is 8.00. The Labute approximate surface area is 124 Å². The van der Waals surface area contributed by atoms with E-state index in [-0.39, 0.29) is 28.0 Å². The van der Waals surface area contributed by atoms with Crippen LogP contribution >= 0.6 is 11.8 Å². The van der Waals surface area contributed by atoms with Crippen LogP contribution in [-0.4, -0.2) is 48.4 Å². The largest absolute Gasteiger partial charge is 0.508 e. The lowest BCUT2D eigenvalue weighted by Crippen LogP contribution is -2.45. The highest BCUT2D eigenvalue weighted by atomic mass is 32.2. The molecule has 0 unspecified atom stereocenters. The lowest BCUT2D eigenvalue weighted by molar-refractivity contribution is -0.0328. The SMILES string of the molecule is Oc1ccc(SC(F)(F)F)cc1[C@@H](CF)N1CCNCC1. The summed E-state index contributed by atoms with van der Waals surface area (Å²) in [5, 5.41) is 13.0. The number of nitrogens with zero attached hydrogens (tertiary/aromatic N) is 1. The van der Waals surface area contributed by atoms with Crippen molar-refractivity contribution in [1.29, 1.82) is 0 Å². The summed E-state index contributed by atoms with van der Waals surface area (Å²) in [5.74, 6) is -0.178. The van der Waals surface area contributed by atoms with Gasteiger partial charge >= 0.3 is 5.51 Å². The Balaban J connectivity index is 2.24. The fourth-order valence-electron chi connectivity index (χ4n) is 2.37. The van der Waals surface area contributed by atoms with Gasteiger partial charge in [0.25, 0.3) is 0 Å². The number of rotatable bonds is 4. The number of phenolic OH excluding ortho intramolecular Hbond substituents is 1. The van der Waals surface area contributed by atoms with E-state index in [0.717, 1.165) is 0 Å². The first-order valence-corrected chi connectivity index (χ1v) is 7.32. The van der Waals surface area contributed by atoms with Crippen LogP contribution in [0.2, 0.25) is 0 Å². The molecule has 1 fully saturated rings. The molecule has 0 bridgehead atoms. The Morgan fingerprint density at radius 1 is 1.29 bits per heavy atom. The molecule has 0 spiro atoms. The zero-order valence-corrected chi connectivity index (χ0v) is 12.0. The fraction of sp³-hybridized carbons (Fsp3) is 0.538. The monoisotopic (exact) mass is 324 g/mol. The van der Waals surface area contributed by atoms with Crippen LogP contribution in [0.25, 0.3) is 0 Å². The molecule has 1 aromatic carbocycles. The molecule has 118 valence electrons. The minimum absolute atomic E-state index is 0.0520. The second kappa shape index (κ2) is 6.85. The van der Waals surface area contributed by atoms with E-state index >= 15 is 0 Å². The number of hydrogen-bond donors (Lipinski definition) is 2. The zero-order chi connectivity index (χ0) is 15.5. The molecule has 1 heterocycles. The third kappa shape index (κ3) is 4.49. The minimum atomic E-state index is -4.41. The number of phenols is 1. The van der Waals surface area contributed by atoms with Gasteiger partial charge < -0.3 is 10.4 Å². The molecular weight excluding hydrogens is 308 g/mol. The van der Waals surface area contributed by atoms with Crippen molar-refractivity contribution < 1.29 is 22.7 Å². The van der Waals surface area contributed by atoms with Crippen LogP contribution in [0, 0.1) is 0 Å². The van der Waals surface area contributed by atoms with Crippen molar-refractivity contribution in [2.75, 3.05) is 32.9 Å². The molecule has 1 aromatic rings. The van der Waals surface area contributed by atoms with Crippen molar-refractivity contribution in [3.8, 4) is 5.75 Å². The van der Waals surface area contributed by atoms with E-state index in [0.29, 0.717) is 26.2 Å². The van der Waals surface area contributed by atoms with Crippen LogP contribution in [0.5, 0.6) is 5.75 Å². The van der Waals surface area contributed by atoms with Crippen molar-refractivity contribution in [3.63, 3.8) is 0 Å². The average Bonchev–Trinajstić information content (AvgIpc) is 2.43. The quantitative estimate of drug-likeness (QED) is 0.659. The first-order chi connectivity index (χ1) is 9.90. The summed E-state index contributed by atoms with van der Waals surface area (Å²) in [6, 6.07) is 2.87. The second-order valence-electron chi connectivity index (χ2n) is 4.72. The van der Waals surface area contributed by atoms with Gasteiger partial charge in [-0.3, -0.25) is 4.90 Å². The Morgan fingerprint density at radius 3 is 2.52 bits per heavy atom. The molecule has 1 atom stereocenters. The summed E-state index contributed by atoms with van der Waals surface area (Å²) in [6.45, 7) is 1.80. The normalized spacial score (nSPS) is 18.7. The van der Waals surface area contributed by atoms with E-state index in [2.05, 4.69) is 5.32 Å². The average molecular weight is 324 g/mol. The summed E-state index contributed by atoms with van der Waals surface area (Å²) < 4.78 is 50.6. The molecule has 1 saturated heterocycles. The van der Waals surface area contributed by atoms with Crippen LogP contribution in [0.3, 0.4) is 0 Å². The third-order valence-electron chi connectivity index (χ3n) is 3.33. The molecular formula is C13H16F4N2OS. The number of nitrogens with one attached hydrogen (secondary N) is 1. The Bertz CT molecular complexity index is 478. The topological polar surface area (TPSA) is 35.5 Å². The van der Waals surface area contributed by atoms with Crippen LogP contribution in [-0.2, 0) is 0 Å². The summed E-state index contributed by atoms with van der Waals surface area (Å²) >= 11 is -0.266. The molecule has 0 aliphatic carbocycles. The number of aromatic hydroxyl groups is 1. The van der Waals surface area contributed by atoms with E-state index < -0.39 is 18.2 Å². The molecule has 2 rings (SSSR count). The Hall–Kier alpha value is -0.990.